The molecule has 0 unspecified atom stereocenters. The van der Waals surface area contributed by atoms with E-state index in [4.69, 9.17) is 9.47 Å². The summed E-state index contributed by atoms with van der Waals surface area (Å²) in [5.74, 6) is 1.39. The van der Waals surface area contributed by atoms with Crippen LogP contribution in [0.3, 0.4) is 0 Å². The Labute approximate surface area is 137 Å². The summed E-state index contributed by atoms with van der Waals surface area (Å²) in [6.07, 6.45) is 1.38. The maximum Gasteiger partial charge on any atom is 0.213 e. The van der Waals surface area contributed by atoms with Crippen LogP contribution in [-0.4, -0.2) is 28.8 Å². The van der Waals surface area contributed by atoms with Crippen molar-refractivity contribution < 1.29 is 9.47 Å². The number of imidazole rings is 1. The van der Waals surface area contributed by atoms with Crippen LogP contribution < -0.4 is 9.47 Å². The highest BCUT2D eigenvalue weighted by Crippen LogP contribution is 2.29. The quantitative estimate of drug-likeness (QED) is 0.720. The molecule has 1 aromatic carbocycles. The molecule has 23 heavy (non-hydrogen) atoms. The molecule has 0 aliphatic heterocycles. The zero-order chi connectivity index (χ0) is 16.4. The monoisotopic (exact) mass is 328 g/mol. The first-order valence-corrected chi connectivity index (χ1v) is 8.00. The van der Waals surface area contributed by atoms with Gasteiger partial charge in [0, 0.05) is 6.42 Å². The molecule has 0 aliphatic carbocycles. The van der Waals surface area contributed by atoms with Crippen LogP contribution in [0.1, 0.15) is 28.9 Å². The van der Waals surface area contributed by atoms with Gasteiger partial charge in [0.2, 0.25) is 4.96 Å². The smallest absolute Gasteiger partial charge is 0.213 e. The van der Waals surface area contributed by atoms with Gasteiger partial charge in [-0.3, -0.25) is 0 Å². The minimum Gasteiger partial charge on any atom is -0.493 e. The molecule has 0 atom stereocenters. The van der Waals surface area contributed by atoms with Gasteiger partial charge in [0.15, 0.2) is 17.2 Å². The molecular formula is C16H16N4O2S. The van der Waals surface area contributed by atoms with Crippen LogP contribution in [0, 0.1) is 11.3 Å². The number of aromatic nitrogens is 3. The third kappa shape index (κ3) is 2.73. The van der Waals surface area contributed by atoms with Gasteiger partial charge in [-0.2, -0.15) is 14.9 Å². The zero-order valence-corrected chi connectivity index (χ0v) is 14.0. The number of nitrogens with zero attached hydrogens (tertiary/aromatic N) is 4. The predicted octanol–water partition coefficient (Wildman–Crippen LogP) is 2.83. The molecule has 0 bridgehead atoms. The lowest BCUT2D eigenvalue weighted by Gasteiger charge is -2.08. The Kier molecular flexibility index (Phi) is 4.17. The molecule has 0 aliphatic rings. The Hall–Kier alpha value is -2.59. The van der Waals surface area contributed by atoms with Crippen molar-refractivity contribution in [3.63, 3.8) is 0 Å². The van der Waals surface area contributed by atoms with Crippen LogP contribution in [0.4, 0.5) is 0 Å². The van der Waals surface area contributed by atoms with E-state index in [2.05, 4.69) is 16.2 Å². The van der Waals surface area contributed by atoms with Crippen molar-refractivity contribution in [2.45, 2.75) is 19.8 Å². The second-order valence-electron chi connectivity index (χ2n) is 4.93. The van der Waals surface area contributed by atoms with Gasteiger partial charge in [0.25, 0.3) is 0 Å². The van der Waals surface area contributed by atoms with E-state index in [9.17, 15) is 5.26 Å². The topological polar surface area (TPSA) is 72.4 Å². The fourth-order valence-corrected chi connectivity index (χ4v) is 3.37. The summed E-state index contributed by atoms with van der Waals surface area (Å²) < 4.78 is 12.2. The number of benzene rings is 1. The molecule has 0 saturated heterocycles. The summed E-state index contributed by atoms with van der Waals surface area (Å²) in [6, 6.07) is 7.98. The Balaban J connectivity index is 1.93. The van der Waals surface area contributed by atoms with Crippen molar-refractivity contribution in [1.82, 2.24) is 14.6 Å². The zero-order valence-electron chi connectivity index (χ0n) is 13.2. The molecule has 0 saturated carbocycles. The van der Waals surface area contributed by atoms with Gasteiger partial charge >= 0.3 is 0 Å². The average Bonchev–Trinajstić information content (AvgIpc) is 3.10. The first-order chi connectivity index (χ1) is 11.2. The summed E-state index contributed by atoms with van der Waals surface area (Å²) in [6.45, 7) is 1.98. The molecule has 3 rings (SSSR count). The molecular weight excluding hydrogens is 312 g/mol. The molecule has 0 N–H and O–H groups in total. The lowest BCUT2D eigenvalue weighted by molar-refractivity contribution is 0.354. The minimum absolute atomic E-state index is 0.525. The molecule has 0 radical (unpaired) electrons. The second-order valence-corrected chi connectivity index (χ2v) is 5.97. The number of rotatable bonds is 5. The minimum atomic E-state index is 0.525. The van der Waals surface area contributed by atoms with Gasteiger partial charge < -0.3 is 9.47 Å². The summed E-state index contributed by atoms with van der Waals surface area (Å²) in [7, 11) is 3.23. The molecule has 2 aromatic heterocycles. The maximum absolute atomic E-state index is 9.28. The van der Waals surface area contributed by atoms with E-state index in [1.165, 1.54) is 11.3 Å². The van der Waals surface area contributed by atoms with E-state index < -0.39 is 0 Å². The normalized spacial score (nSPS) is 10.7. The van der Waals surface area contributed by atoms with E-state index >= 15 is 0 Å². The highest BCUT2D eigenvalue weighted by atomic mass is 32.1. The van der Waals surface area contributed by atoms with E-state index in [1.807, 2.05) is 25.1 Å². The number of hydrogen-bond donors (Lipinski definition) is 0. The largest absolute Gasteiger partial charge is 0.493 e. The van der Waals surface area contributed by atoms with Gasteiger partial charge in [-0.15, -0.1) is 0 Å². The Morgan fingerprint density at radius 1 is 1.26 bits per heavy atom. The van der Waals surface area contributed by atoms with E-state index in [1.54, 1.807) is 18.7 Å². The van der Waals surface area contributed by atoms with E-state index in [-0.39, 0.29) is 0 Å². The van der Waals surface area contributed by atoms with Gasteiger partial charge in [-0.05, 0) is 24.1 Å². The van der Waals surface area contributed by atoms with Crippen LogP contribution in [0.5, 0.6) is 11.5 Å². The van der Waals surface area contributed by atoms with Crippen LogP contribution in [0.15, 0.2) is 18.2 Å². The van der Waals surface area contributed by atoms with Crippen molar-refractivity contribution in [1.29, 1.82) is 5.26 Å². The molecule has 7 heteroatoms. The Bertz CT molecular complexity index is 891. The summed E-state index contributed by atoms with van der Waals surface area (Å²) in [4.78, 5) is 5.24. The molecule has 118 valence electrons. The Morgan fingerprint density at radius 3 is 2.70 bits per heavy atom. The highest BCUT2D eigenvalue weighted by molar-refractivity contribution is 7.16. The van der Waals surface area contributed by atoms with E-state index in [0.717, 1.165) is 27.6 Å². The standard InChI is InChI=1S/C16H16N4O2S/c1-4-11-12(9-17)20-16(18-11)23-15(19-20)8-10-5-6-13(21-2)14(7-10)22-3/h5-7H,4,8H2,1-3H3. The van der Waals surface area contributed by atoms with Gasteiger partial charge in [-0.25, -0.2) is 4.98 Å². The van der Waals surface area contributed by atoms with Crippen molar-refractivity contribution in [3.8, 4) is 17.6 Å². The lowest BCUT2D eigenvalue weighted by atomic mass is 10.1. The fourth-order valence-electron chi connectivity index (χ4n) is 2.42. The molecule has 0 fully saturated rings. The van der Waals surface area contributed by atoms with Gasteiger partial charge in [0.1, 0.15) is 11.1 Å². The third-order valence-corrected chi connectivity index (χ3v) is 4.47. The molecule has 0 amide bonds. The van der Waals surface area contributed by atoms with Gasteiger partial charge in [0.05, 0.1) is 19.9 Å². The van der Waals surface area contributed by atoms with Crippen molar-refractivity contribution in [3.05, 3.63) is 40.2 Å². The van der Waals surface area contributed by atoms with Gasteiger partial charge in [-0.1, -0.05) is 24.3 Å². The number of ether oxygens (including phenoxy) is 2. The van der Waals surface area contributed by atoms with Crippen LogP contribution >= 0.6 is 11.3 Å². The maximum atomic E-state index is 9.28. The predicted molar refractivity (Wildman–Crippen MR) is 87.3 cm³/mol. The van der Waals surface area contributed by atoms with E-state index in [0.29, 0.717) is 23.6 Å². The molecule has 3 aromatic rings. The molecule has 0 spiro atoms. The summed E-state index contributed by atoms with van der Waals surface area (Å²) in [5, 5.41) is 14.7. The SMILES string of the molecule is CCc1nc2sc(Cc3ccc(OC)c(OC)c3)nn2c1C#N. The van der Waals surface area contributed by atoms with Crippen molar-refractivity contribution in [2.24, 2.45) is 0 Å². The van der Waals surface area contributed by atoms with Crippen molar-refractivity contribution >= 4 is 16.3 Å². The van der Waals surface area contributed by atoms with Crippen molar-refractivity contribution in [2.75, 3.05) is 14.2 Å². The number of aryl methyl sites for hydroxylation is 1. The number of methoxy groups -OCH3 is 2. The molecule has 6 nitrogen and oxygen atoms in total. The third-order valence-electron chi connectivity index (χ3n) is 3.56. The highest BCUT2D eigenvalue weighted by Gasteiger charge is 2.15. The second kappa shape index (κ2) is 6.26. The summed E-state index contributed by atoms with van der Waals surface area (Å²) in [5.41, 5.74) is 2.38. The lowest BCUT2D eigenvalue weighted by Crippen LogP contribution is -1.96. The number of hydrogen-bond acceptors (Lipinski definition) is 6. The number of nitriles is 1. The van der Waals surface area contributed by atoms with Crippen LogP contribution in [0.25, 0.3) is 4.96 Å². The van der Waals surface area contributed by atoms with Crippen LogP contribution in [-0.2, 0) is 12.8 Å². The fraction of sp³-hybridized carbons (Fsp3) is 0.312. The average molecular weight is 328 g/mol. The first-order valence-electron chi connectivity index (χ1n) is 7.18. The molecule has 2 heterocycles. The van der Waals surface area contributed by atoms with Crippen LogP contribution in [0.2, 0.25) is 0 Å². The summed E-state index contributed by atoms with van der Waals surface area (Å²) >= 11 is 1.50. The number of fused-ring (bicyclic) bond motifs is 1. The first kappa shape index (κ1) is 15.3. The Morgan fingerprint density at radius 2 is 2.04 bits per heavy atom.